The zero-order chi connectivity index (χ0) is 15.4. The van der Waals surface area contributed by atoms with E-state index < -0.39 is 12.0 Å². The standard InChI is InChI=1S/C15H20N2O4/c1-10-3-4-13(12(9-10)15(19)20)16-11(2)14(18)17-5-7-21-8-6-17/h3-4,9,11,16H,5-8H2,1-2H3,(H,19,20). The number of ether oxygens (including phenoxy) is 1. The number of nitrogens with one attached hydrogen (secondary N) is 1. The second kappa shape index (κ2) is 6.58. The number of carboxylic acid groups (broad SMARTS) is 1. The lowest BCUT2D eigenvalue weighted by Crippen LogP contribution is -2.47. The Bertz CT molecular complexity index is 538. The van der Waals surface area contributed by atoms with Gasteiger partial charge in [-0.05, 0) is 26.0 Å². The number of anilines is 1. The zero-order valence-electron chi connectivity index (χ0n) is 12.3. The summed E-state index contributed by atoms with van der Waals surface area (Å²) >= 11 is 0. The number of aryl methyl sites for hydroxylation is 1. The fraction of sp³-hybridized carbons (Fsp3) is 0.467. The third-order valence-corrected chi connectivity index (χ3v) is 3.47. The molecule has 1 amide bonds. The lowest BCUT2D eigenvalue weighted by molar-refractivity contribution is -0.135. The summed E-state index contributed by atoms with van der Waals surface area (Å²) in [6.07, 6.45) is 0. The Kier molecular flexibility index (Phi) is 4.80. The second-order valence-corrected chi connectivity index (χ2v) is 5.16. The van der Waals surface area contributed by atoms with Crippen LogP contribution in [0.4, 0.5) is 5.69 Å². The van der Waals surface area contributed by atoms with Crippen molar-refractivity contribution < 1.29 is 19.4 Å². The van der Waals surface area contributed by atoms with E-state index in [1.54, 1.807) is 24.0 Å². The van der Waals surface area contributed by atoms with Gasteiger partial charge in [0.25, 0.3) is 0 Å². The minimum Gasteiger partial charge on any atom is -0.478 e. The molecule has 1 unspecified atom stereocenters. The number of morpholine rings is 1. The quantitative estimate of drug-likeness (QED) is 0.876. The number of carbonyl (C=O) groups excluding carboxylic acids is 1. The van der Waals surface area contributed by atoms with Gasteiger partial charge >= 0.3 is 5.97 Å². The molecule has 1 aliphatic heterocycles. The summed E-state index contributed by atoms with van der Waals surface area (Å²) in [6.45, 7) is 5.81. The van der Waals surface area contributed by atoms with E-state index in [0.717, 1.165) is 5.56 Å². The number of hydrogen-bond acceptors (Lipinski definition) is 4. The first-order valence-electron chi connectivity index (χ1n) is 6.96. The number of nitrogens with zero attached hydrogens (tertiary/aromatic N) is 1. The van der Waals surface area contributed by atoms with Crippen LogP contribution < -0.4 is 5.32 Å². The summed E-state index contributed by atoms with van der Waals surface area (Å²) in [5, 5.41) is 12.2. The third-order valence-electron chi connectivity index (χ3n) is 3.47. The van der Waals surface area contributed by atoms with Crippen molar-refractivity contribution in [2.45, 2.75) is 19.9 Å². The van der Waals surface area contributed by atoms with Crippen molar-refractivity contribution in [2.75, 3.05) is 31.6 Å². The zero-order valence-corrected chi connectivity index (χ0v) is 12.3. The van der Waals surface area contributed by atoms with Crippen LogP contribution in [0, 0.1) is 6.92 Å². The normalized spacial score (nSPS) is 16.4. The highest BCUT2D eigenvalue weighted by Crippen LogP contribution is 2.19. The van der Waals surface area contributed by atoms with Gasteiger partial charge < -0.3 is 20.1 Å². The van der Waals surface area contributed by atoms with Gasteiger partial charge in [0.15, 0.2) is 0 Å². The minimum absolute atomic E-state index is 0.0461. The lowest BCUT2D eigenvalue weighted by atomic mass is 10.1. The highest BCUT2D eigenvalue weighted by atomic mass is 16.5. The van der Waals surface area contributed by atoms with Crippen molar-refractivity contribution in [3.63, 3.8) is 0 Å². The van der Waals surface area contributed by atoms with Crippen molar-refractivity contribution in [1.82, 2.24) is 4.90 Å². The van der Waals surface area contributed by atoms with Crippen LogP contribution in [-0.2, 0) is 9.53 Å². The number of aromatic carboxylic acids is 1. The van der Waals surface area contributed by atoms with Crippen LogP contribution in [0.5, 0.6) is 0 Å². The first-order chi connectivity index (χ1) is 9.99. The van der Waals surface area contributed by atoms with Crippen LogP contribution in [0.25, 0.3) is 0 Å². The Morgan fingerprint density at radius 3 is 2.62 bits per heavy atom. The Balaban J connectivity index is 2.10. The number of hydrogen-bond donors (Lipinski definition) is 2. The summed E-state index contributed by atoms with van der Waals surface area (Å²) in [5.74, 6) is -1.05. The number of rotatable bonds is 4. The summed E-state index contributed by atoms with van der Waals surface area (Å²) in [5.41, 5.74) is 1.50. The molecule has 2 rings (SSSR count). The average molecular weight is 292 g/mol. The van der Waals surface area contributed by atoms with Crippen LogP contribution in [0.15, 0.2) is 18.2 Å². The molecule has 6 nitrogen and oxygen atoms in total. The van der Waals surface area contributed by atoms with E-state index in [-0.39, 0.29) is 11.5 Å². The van der Waals surface area contributed by atoms with E-state index in [1.807, 2.05) is 13.0 Å². The minimum atomic E-state index is -1.01. The highest BCUT2D eigenvalue weighted by Gasteiger charge is 2.23. The number of amides is 1. The predicted molar refractivity (Wildman–Crippen MR) is 78.6 cm³/mol. The molecular weight excluding hydrogens is 272 g/mol. The lowest BCUT2D eigenvalue weighted by Gasteiger charge is -2.30. The van der Waals surface area contributed by atoms with Crippen LogP contribution in [0.2, 0.25) is 0 Å². The van der Waals surface area contributed by atoms with Gasteiger partial charge in [-0.2, -0.15) is 0 Å². The van der Waals surface area contributed by atoms with E-state index in [0.29, 0.717) is 32.0 Å². The van der Waals surface area contributed by atoms with Gasteiger partial charge in [-0.3, -0.25) is 4.79 Å². The van der Waals surface area contributed by atoms with E-state index in [4.69, 9.17) is 4.74 Å². The van der Waals surface area contributed by atoms with Crippen molar-refractivity contribution in [3.8, 4) is 0 Å². The largest absolute Gasteiger partial charge is 0.478 e. The van der Waals surface area contributed by atoms with Gasteiger partial charge in [0.05, 0.1) is 18.8 Å². The van der Waals surface area contributed by atoms with E-state index in [9.17, 15) is 14.7 Å². The molecule has 1 saturated heterocycles. The van der Waals surface area contributed by atoms with Crippen molar-refractivity contribution in [2.24, 2.45) is 0 Å². The maximum atomic E-state index is 12.3. The first-order valence-corrected chi connectivity index (χ1v) is 6.96. The van der Waals surface area contributed by atoms with Gasteiger partial charge in [-0.1, -0.05) is 11.6 Å². The SMILES string of the molecule is Cc1ccc(NC(C)C(=O)N2CCOCC2)c(C(=O)O)c1. The van der Waals surface area contributed by atoms with Crippen molar-refractivity contribution in [3.05, 3.63) is 29.3 Å². The molecule has 1 atom stereocenters. The summed E-state index contributed by atoms with van der Waals surface area (Å²) in [4.78, 5) is 25.3. The Labute approximate surface area is 123 Å². The van der Waals surface area contributed by atoms with E-state index in [2.05, 4.69) is 5.32 Å². The van der Waals surface area contributed by atoms with Gasteiger partial charge in [0, 0.05) is 18.8 Å². The maximum absolute atomic E-state index is 12.3. The highest BCUT2D eigenvalue weighted by molar-refractivity contribution is 5.95. The number of benzene rings is 1. The molecule has 2 N–H and O–H groups in total. The molecule has 0 saturated carbocycles. The molecule has 0 radical (unpaired) electrons. The molecule has 0 aromatic heterocycles. The molecule has 114 valence electrons. The summed E-state index contributed by atoms with van der Waals surface area (Å²) in [7, 11) is 0. The summed E-state index contributed by atoms with van der Waals surface area (Å²) in [6, 6.07) is 4.63. The van der Waals surface area contributed by atoms with Crippen molar-refractivity contribution >= 4 is 17.6 Å². The summed E-state index contributed by atoms with van der Waals surface area (Å²) < 4.78 is 5.22. The molecule has 1 aromatic carbocycles. The van der Waals surface area contributed by atoms with E-state index in [1.165, 1.54) is 0 Å². The Morgan fingerprint density at radius 2 is 2.00 bits per heavy atom. The molecule has 21 heavy (non-hydrogen) atoms. The molecule has 1 heterocycles. The van der Waals surface area contributed by atoms with Gasteiger partial charge in [0.1, 0.15) is 6.04 Å². The van der Waals surface area contributed by atoms with Crippen LogP contribution in [0.1, 0.15) is 22.8 Å². The molecule has 0 bridgehead atoms. The Hall–Kier alpha value is -2.08. The third kappa shape index (κ3) is 3.72. The van der Waals surface area contributed by atoms with Crippen molar-refractivity contribution in [1.29, 1.82) is 0 Å². The fourth-order valence-electron chi connectivity index (χ4n) is 2.31. The second-order valence-electron chi connectivity index (χ2n) is 5.16. The Morgan fingerprint density at radius 1 is 1.33 bits per heavy atom. The molecule has 6 heteroatoms. The smallest absolute Gasteiger partial charge is 0.337 e. The van der Waals surface area contributed by atoms with Crippen LogP contribution in [-0.4, -0.2) is 54.2 Å². The average Bonchev–Trinajstić information content (AvgIpc) is 2.49. The van der Waals surface area contributed by atoms with Crippen LogP contribution >= 0.6 is 0 Å². The topological polar surface area (TPSA) is 78.9 Å². The van der Waals surface area contributed by atoms with Gasteiger partial charge in [-0.15, -0.1) is 0 Å². The van der Waals surface area contributed by atoms with E-state index >= 15 is 0 Å². The number of carbonyl (C=O) groups is 2. The number of carboxylic acids is 1. The fourth-order valence-corrected chi connectivity index (χ4v) is 2.31. The predicted octanol–water partition coefficient (Wildman–Crippen LogP) is 1.35. The van der Waals surface area contributed by atoms with Gasteiger partial charge in [-0.25, -0.2) is 4.79 Å². The van der Waals surface area contributed by atoms with Gasteiger partial charge in [0.2, 0.25) is 5.91 Å². The molecule has 1 aliphatic rings. The van der Waals surface area contributed by atoms with Crippen LogP contribution in [0.3, 0.4) is 0 Å². The molecule has 0 aliphatic carbocycles. The molecule has 1 aromatic rings. The molecule has 1 fully saturated rings. The first kappa shape index (κ1) is 15.3. The monoisotopic (exact) mass is 292 g/mol. The molecule has 0 spiro atoms. The molecular formula is C15H20N2O4. The maximum Gasteiger partial charge on any atom is 0.337 e.